The first-order valence-electron chi connectivity index (χ1n) is 9.67. The Bertz CT molecular complexity index is 849. The summed E-state index contributed by atoms with van der Waals surface area (Å²) >= 11 is 0. The maximum absolute atomic E-state index is 12.7. The van der Waals surface area contributed by atoms with Gasteiger partial charge in [0.05, 0.1) is 19.3 Å². The Morgan fingerprint density at radius 3 is 3.00 bits per heavy atom. The minimum atomic E-state index is -0.667. The molecule has 1 fully saturated rings. The van der Waals surface area contributed by atoms with Gasteiger partial charge in [-0.3, -0.25) is 0 Å². The normalized spacial score (nSPS) is 35.4. The summed E-state index contributed by atoms with van der Waals surface area (Å²) in [5.41, 5.74) is 2.32. The monoisotopic (exact) mass is 371 g/mol. The fourth-order valence-corrected chi connectivity index (χ4v) is 5.85. The van der Waals surface area contributed by atoms with Crippen molar-refractivity contribution in [2.24, 2.45) is 5.92 Å². The molecule has 2 aliphatic heterocycles. The molecule has 1 aromatic carbocycles. The zero-order chi connectivity index (χ0) is 18.9. The SMILES string of the molecule is CCOC(=O)c1cc(OC)c2c3c1C[C@@H]1[C@@H]4C=C[C@H](O)[C@H](O2)[C@]34CCN1C. The number of aliphatic hydroxyl groups is 1. The van der Waals surface area contributed by atoms with Gasteiger partial charge < -0.3 is 24.2 Å². The molecule has 6 heteroatoms. The second-order valence-electron chi connectivity index (χ2n) is 8.01. The molecule has 27 heavy (non-hydrogen) atoms. The molecular formula is C21H25NO5. The number of nitrogens with zero attached hydrogens (tertiary/aromatic N) is 1. The van der Waals surface area contributed by atoms with Crippen LogP contribution in [0.3, 0.4) is 0 Å². The zero-order valence-corrected chi connectivity index (χ0v) is 15.9. The third-order valence-electron chi connectivity index (χ3n) is 6.98. The van der Waals surface area contributed by atoms with Gasteiger partial charge in [-0.1, -0.05) is 12.2 Å². The summed E-state index contributed by atoms with van der Waals surface area (Å²) in [6.45, 7) is 3.08. The molecule has 2 bridgehead atoms. The highest BCUT2D eigenvalue weighted by atomic mass is 16.5. The van der Waals surface area contributed by atoms with E-state index in [4.69, 9.17) is 14.2 Å². The maximum atomic E-state index is 12.7. The van der Waals surface area contributed by atoms with Crippen LogP contribution in [0, 0.1) is 5.92 Å². The molecule has 0 radical (unpaired) electrons. The van der Waals surface area contributed by atoms with Crippen molar-refractivity contribution in [3.63, 3.8) is 0 Å². The minimum absolute atomic E-state index is 0.251. The summed E-state index contributed by atoms with van der Waals surface area (Å²) in [6, 6.07) is 2.02. The Kier molecular flexibility index (Phi) is 3.62. The number of carbonyl (C=O) groups is 1. The zero-order valence-electron chi connectivity index (χ0n) is 15.9. The maximum Gasteiger partial charge on any atom is 0.338 e. The van der Waals surface area contributed by atoms with Crippen molar-refractivity contribution in [2.45, 2.75) is 43.4 Å². The largest absolute Gasteiger partial charge is 0.493 e. The number of carbonyl (C=O) groups excluding carboxylic acids is 1. The second-order valence-corrected chi connectivity index (χ2v) is 8.01. The van der Waals surface area contributed by atoms with E-state index in [0.29, 0.717) is 23.7 Å². The quantitative estimate of drug-likeness (QED) is 0.644. The molecule has 1 aromatic rings. The van der Waals surface area contributed by atoms with Crippen molar-refractivity contribution in [3.8, 4) is 11.5 Å². The molecule has 1 N–H and O–H groups in total. The van der Waals surface area contributed by atoms with Crippen LogP contribution in [0.1, 0.15) is 34.8 Å². The lowest BCUT2D eigenvalue weighted by atomic mass is 9.53. The standard InChI is InChI=1S/C21H25NO5/c1-4-26-20(24)12-10-16(25-3)18-17-11(12)9-14-13-5-6-15(23)19(27-18)21(13,17)7-8-22(14)2/h5-6,10,13-15,19,23H,4,7-9H2,1-3H3/t13-,14+,15-,19-,21-/m0/s1. The van der Waals surface area contributed by atoms with E-state index in [2.05, 4.69) is 18.0 Å². The average molecular weight is 371 g/mol. The van der Waals surface area contributed by atoms with Gasteiger partial charge in [-0.25, -0.2) is 4.79 Å². The third-order valence-corrected chi connectivity index (χ3v) is 6.98. The van der Waals surface area contributed by atoms with Crippen LogP contribution in [0.2, 0.25) is 0 Å². The highest BCUT2D eigenvalue weighted by Gasteiger charge is 2.64. The van der Waals surface area contributed by atoms with Crippen LogP contribution < -0.4 is 9.47 Å². The molecule has 0 saturated carbocycles. The molecule has 6 nitrogen and oxygen atoms in total. The first-order valence-corrected chi connectivity index (χ1v) is 9.67. The molecule has 144 valence electrons. The van der Waals surface area contributed by atoms with Crippen molar-refractivity contribution in [1.82, 2.24) is 4.90 Å². The lowest BCUT2D eigenvalue weighted by Gasteiger charge is -2.56. The van der Waals surface area contributed by atoms with Crippen LogP contribution in [0.5, 0.6) is 11.5 Å². The lowest BCUT2D eigenvalue weighted by molar-refractivity contribution is -0.0454. The molecule has 2 heterocycles. The van der Waals surface area contributed by atoms with Gasteiger partial charge in [-0.2, -0.15) is 0 Å². The number of esters is 1. The van der Waals surface area contributed by atoms with Crippen LogP contribution in [-0.4, -0.2) is 61.5 Å². The first-order chi connectivity index (χ1) is 13.0. The third kappa shape index (κ3) is 2.00. The Labute approximate surface area is 158 Å². The van der Waals surface area contributed by atoms with Gasteiger partial charge in [-0.05, 0) is 45.0 Å². The number of likely N-dealkylation sites (tertiary alicyclic amines) is 1. The topological polar surface area (TPSA) is 68.2 Å². The molecule has 2 aliphatic carbocycles. The highest BCUT2D eigenvalue weighted by molar-refractivity contribution is 5.93. The van der Waals surface area contributed by atoms with Crippen molar-refractivity contribution < 1.29 is 24.1 Å². The highest BCUT2D eigenvalue weighted by Crippen LogP contribution is 2.63. The van der Waals surface area contributed by atoms with E-state index in [1.165, 1.54) is 0 Å². The minimum Gasteiger partial charge on any atom is -0.493 e. The van der Waals surface area contributed by atoms with Crippen molar-refractivity contribution >= 4 is 5.97 Å². The number of methoxy groups -OCH3 is 1. The Morgan fingerprint density at radius 2 is 2.26 bits per heavy atom. The molecule has 0 unspecified atom stereocenters. The van der Waals surface area contributed by atoms with Crippen LogP contribution in [-0.2, 0) is 16.6 Å². The van der Waals surface area contributed by atoms with Crippen molar-refractivity contribution in [1.29, 1.82) is 0 Å². The summed E-state index contributed by atoms with van der Waals surface area (Å²) in [7, 11) is 3.73. The number of hydrogen-bond acceptors (Lipinski definition) is 6. The second kappa shape index (κ2) is 5.72. The molecule has 5 rings (SSSR count). The van der Waals surface area contributed by atoms with E-state index in [-0.39, 0.29) is 29.4 Å². The van der Waals surface area contributed by atoms with E-state index < -0.39 is 6.10 Å². The van der Waals surface area contributed by atoms with Gasteiger partial charge in [0.25, 0.3) is 0 Å². The predicted molar refractivity (Wildman–Crippen MR) is 98.4 cm³/mol. The number of ether oxygens (including phenoxy) is 3. The van der Waals surface area contributed by atoms with Crippen LogP contribution in [0.15, 0.2) is 18.2 Å². The number of piperidine rings is 1. The molecule has 1 spiro atoms. The number of aliphatic hydroxyl groups excluding tert-OH is 1. The summed E-state index contributed by atoms with van der Waals surface area (Å²) < 4.78 is 17.3. The average Bonchev–Trinajstić information content (AvgIpc) is 3.01. The number of rotatable bonds is 3. The van der Waals surface area contributed by atoms with Crippen molar-refractivity contribution in [2.75, 3.05) is 27.3 Å². The Hall–Kier alpha value is -2.05. The fraction of sp³-hybridized carbons (Fsp3) is 0.571. The van der Waals surface area contributed by atoms with Gasteiger partial charge >= 0.3 is 5.97 Å². The Balaban J connectivity index is 1.81. The Morgan fingerprint density at radius 1 is 1.44 bits per heavy atom. The smallest absolute Gasteiger partial charge is 0.338 e. The number of likely N-dealkylation sites (N-methyl/N-ethyl adjacent to an activating group) is 1. The molecule has 5 atom stereocenters. The van der Waals surface area contributed by atoms with E-state index in [1.54, 1.807) is 13.2 Å². The van der Waals surface area contributed by atoms with Gasteiger partial charge in [0.15, 0.2) is 11.5 Å². The van der Waals surface area contributed by atoms with Gasteiger partial charge in [-0.15, -0.1) is 0 Å². The number of hydrogen-bond donors (Lipinski definition) is 1. The van der Waals surface area contributed by atoms with Gasteiger partial charge in [0.1, 0.15) is 12.2 Å². The molecule has 1 saturated heterocycles. The molecular weight excluding hydrogens is 346 g/mol. The predicted octanol–water partition coefficient (Wildman–Crippen LogP) is 1.68. The summed E-state index contributed by atoms with van der Waals surface area (Å²) in [5, 5.41) is 10.7. The van der Waals surface area contributed by atoms with Crippen LogP contribution >= 0.6 is 0 Å². The molecule has 0 aromatic heterocycles. The summed E-state index contributed by atoms with van der Waals surface area (Å²) in [6.07, 6.45) is 4.66. The van der Waals surface area contributed by atoms with E-state index in [0.717, 1.165) is 30.5 Å². The van der Waals surface area contributed by atoms with Crippen molar-refractivity contribution in [3.05, 3.63) is 34.9 Å². The van der Waals surface area contributed by atoms with Gasteiger partial charge in [0, 0.05) is 22.9 Å². The van der Waals surface area contributed by atoms with Crippen LogP contribution in [0.4, 0.5) is 0 Å². The molecule has 4 aliphatic rings. The fourth-order valence-electron chi connectivity index (χ4n) is 5.85. The first kappa shape index (κ1) is 17.1. The summed E-state index contributed by atoms with van der Waals surface area (Å²) in [4.78, 5) is 15.1. The molecule has 0 amide bonds. The van der Waals surface area contributed by atoms with E-state index in [1.807, 2.05) is 13.0 Å². The van der Waals surface area contributed by atoms with E-state index >= 15 is 0 Å². The lowest BCUT2D eigenvalue weighted by Crippen LogP contribution is -2.64. The number of benzene rings is 1. The van der Waals surface area contributed by atoms with Crippen LogP contribution in [0.25, 0.3) is 0 Å². The summed E-state index contributed by atoms with van der Waals surface area (Å²) in [5.74, 6) is 1.17. The van der Waals surface area contributed by atoms with E-state index in [9.17, 15) is 9.90 Å². The van der Waals surface area contributed by atoms with Gasteiger partial charge in [0.2, 0.25) is 0 Å².